The largest absolute Gasteiger partial charge is 0.462 e. The Morgan fingerprint density at radius 1 is 0.704 bits per heavy atom. The third-order valence-electron chi connectivity index (χ3n) is 7.40. The number of esters is 2. The minimum absolute atomic E-state index is 0.0359. The first-order chi connectivity index (χ1) is 12.9. The quantitative estimate of drug-likeness (QED) is 0.612. The fourth-order valence-corrected chi connectivity index (χ4v) is 4.94. The molecule has 0 amide bonds. The van der Waals surface area contributed by atoms with Gasteiger partial charge in [0.2, 0.25) is 0 Å². The van der Waals surface area contributed by atoms with Gasteiger partial charge in [-0.2, -0.15) is 0 Å². The summed E-state index contributed by atoms with van der Waals surface area (Å²) in [6.45, 7) is 6.56. The van der Waals surface area contributed by atoms with Gasteiger partial charge in [-0.3, -0.25) is 9.59 Å². The highest BCUT2D eigenvalue weighted by atomic mass is 16.5. The molecule has 0 spiro atoms. The molecule has 3 aliphatic carbocycles. The summed E-state index contributed by atoms with van der Waals surface area (Å²) < 4.78 is 11.6. The van der Waals surface area contributed by atoms with Gasteiger partial charge in [-0.05, 0) is 95.8 Å². The third kappa shape index (κ3) is 5.48. The van der Waals surface area contributed by atoms with Crippen molar-refractivity contribution in [3.63, 3.8) is 0 Å². The summed E-state index contributed by atoms with van der Waals surface area (Å²) in [7, 11) is 0. The SMILES string of the molecule is CC1CCC(OC(=O)C2CCC(C)(C(=O)OC3CCC(C)CC3)CC2)CC1. The van der Waals surface area contributed by atoms with E-state index in [4.69, 9.17) is 9.47 Å². The van der Waals surface area contributed by atoms with Crippen molar-refractivity contribution in [2.45, 2.75) is 110 Å². The molecule has 0 atom stereocenters. The van der Waals surface area contributed by atoms with Crippen molar-refractivity contribution in [3.8, 4) is 0 Å². The van der Waals surface area contributed by atoms with Crippen molar-refractivity contribution in [1.29, 1.82) is 0 Å². The van der Waals surface area contributed by atoms with Crippen LogP contribution in [0.4, 0.5) is 0 Å². The van der Waals surface area contributed by atoms with Crippen molar-refractivity contribution >= 4 is 11.9 Å². The molecule has 0 saturated heterocycles. The van der Waals surface area contributed by atoms with Crippen molar-refractivity contribution in [2.24, 2.45) is 23.2 Å². The van der Waals surface area contributed by atoms with Gasteiger partial charge in [0, 0.05) is 0 Å². The standard InChI is InChI=1S/C23H38O4/c1-16-4-8-19(9-5-16)26-21(24)18-12-14-23(3,15-13-18)22(25)27-20-10-6-17(2)7-11-20/h16-20H,4-15H2,1-3H3. The Morgan fingerprint density at radius 2 is 1.15 bits per heavy atom. The second-order valence-electron chi connectivity index (χ2n) is 9.94. The normalized spacial score (nSPS) is 40.2. The highest BCUT2D eigenvalue weighted by molar-refractivity contribution is 5.78. The Morgan fingerprint density at radius 3 is 1.63 bits per heavy atom. The van der Waals surface area contributed by atoms with Crippen LogP contribution in [0.5, 0.6) is 0 Å². The zero-order valence-electron chi connectivity index (χ0n) is 17.5. The Balaban J connectivity index is 1.42. The summed E-state index contributed by atoms with van der Waals surface area (Å²) in [4.78, 5) is 25.3. The predicted molar refractivity (Wildman–Crippen MR) is 105 cm³/mol. The minimum Gasteiger partial charge on any atom is -0.462 e. The summed E-state index contributed by atoms with van der Waals surface area (Å²) in [5, 5.41) is 0. The topological polar surface area (TPSA) is 52.6 Å². The van der Waals surface area contributed by atoms with E-state index in [0.29, 0.717) is 0 Å². The number of hydrogen-bond acceptors (Lipinski definition) is 4. The first kappa shape index (κ1) is 20.7. The Labute approximate surface area is 164 Å². The van der Waals surface area contributed by atoms with Gasteiger partial charge in [-0.1, -0.05) is 13.8 Å². The molecule has 0 unspecified atom stereocenters. The lowest BCUT2D eigenvalue weighted by molar-refractivity contribution is -0.169. The van der Waals surface area contributed by atoms with Gasteiger partial charge >= 0.3 is 11.9 Å². The fraction of sp³-hybridized carbons (Fsp3) is 0.913. The zero-order chi connectivity index (χ0) is 19.4. The van der Waals surface area contributed by atoms with E-state index in [0.717, 1.165) is 88.9 Å². The molecule has 154 valence electrons. The summed E-state index contributed by atoms with van der Waals surface area (Å²) >= 11 is 0. The first-order valence-electron chi connectivity index (χ1n) is 11.3. The maximum atomic E-state index is 12.8. The van der Waals surface area contributed by atoms with Gasteiger partial charge in [0.1, 0.15) is 12.2 Å². The summed E-state index contributed by atoms with van der Waals surface area (Å²) in [5.41, 5.74) is -0.430. The van der Waals surface area contributed by atoms with Gasteiger partial charge in [0.05, 0.1) is 11.3 Å². The van der Waals surface area contributed by atoms with Crippen molar-refractivity contribution < 1.29 is 19.1 Å². The molecule has 3 aliphatic rings. The zero-order valence-corrected chi connectivity index (χ0v) is 17.5. The van der Waals surface area contributed by atoms with Crippen LogP contribution >= 0.6 is 0 Å². The number of carbonyl (C=O) groups is 2. The van der Waals surface area contributed by atoms with Gasteiger partial charge in [-0.15, -0.1) is 0 Å². The molecule has 3 saturated carbocycles. The highest BCUT2D eigenvalue weighted by Gasteiger charge is 2.42. The predicted octanol–water partition coefficient (Wildman–Crippen LogP) is 5.43. The van der Waals surface area contributed by atoms with Gasteiger partial charge in [0.15, 0.2) is 0 Å². The van der Waals surface area contributed by atoms with Crippen LogP contribution in [-0.4, -0.2) is 24.1 Å². The maximum absolute atomic E-state index is 12.8. The van der Waals surface area contributed by atoms with E-state index >= 15 is 0 Å². The van der Waals surface area contributed by atoms with Crippen LogP contribution < -0.4 is 0 Å². The fourth-order valence-electron chi connectivity index (χ4n) is 4.94. The molecular weight excluding hydrogens is 340 g/mol. The van der Waals surface area contributed by atoms with E-state index in [1.165, 1.54) is 0 Å². The van der Waals surface area contributed by atoms with E-state index in [1.54, 1.807) is 0 Å². The van der Waals surface area contributed by atoms with E-state index in [9.17, 15) is 9.59 Å². The molecule has 27 heavy (non-hydrogen) atoms. The van der Waals surface area contributed by atoms with Gasteiger partial charge in [-0.25, -0.2) is 0 Å². The van der Waals surface area contributed by atoms with Crippen LogP contribution in [0, 0.1) is 23.2 Å². The van der Waals surface area contributed by atoms with Gasteiger partial charge < -0.3 is 9.47 Å². The smallest absolute Gasteiger partial charge is 0.312 e. The molecule has 0 aromatic rings. The average Bonchev–Trinajstić information content (AvgIpc) is 2.66. The second-order valence-corrected chi connectivity index (χ2v) is 9.94. The summed E-state index contributed by atoms with van der Waals surface area (Å²) in [6, 6.07) is 0. The monoisotopic (exact) mass is 378 g/mol. The molecule has 0 aromatic carbocycles. The van der Waals surface area contributed by atoms with E-state index in [1.807, 2.05) is 6.92 Å². The van der Waals surface area contributed by atoms with Crippen LogP contribution in [0.3, 0.4) is 0 Å². The second kappa shape index (κ2) is 8.96. The number of carbonyl (C=O) groups excluding carboxylic acids is 2. The molecular formula is C23H38O4. The van der Waals surface area contributed by atoms with Crippen LogP contribution in [0.2, 0.25) is 0 Å². The van der Waals surface area contributed by atoms with Gasteiger partial charge in [0.25, 0.3) is 0 Å². The molecule has 0 N–H and O–H groups in total. The maximum Gasteiger partial charge on any atom is 0.312 e. The summed E-state index contributed by atoms with van der Waals surface area (Å²) in [5.74, 6) is 1.39. The van der Waals surface area contributed by atoms with Crippen LogP contribution in [-0.2, 0) is 19.1 Å². The number of ether oxygens (including phenoxy) is 2. The lowest BCUT2D eigenvalue weighted by Crippen LogP contribution is -2.39. The van der Waals surface area contributed by atoms with E-state index in [-0.39, 0.29) is 30.1 Å². The molecule has 0 radical (unpaired) electrons. The lowest BCUT2D eigenvalue weighted by atomic mass is 9.71. The van der Waals surface area contributed by atoms with Crippen molar-refractivity contribution in [3.05, 3.63) is 0 Å². The Bertz CT molecular complexity index is 504. The molecule has 0 aromatic heterocycles. The lowest BCUT2D eigenvalue weighted by Gasteiger charge is -2.37. The van der Waals surface area contributed by atoms with Crippen molar-refractivity contribution in [1.82, 2.24) is 0 Å². The summed E-state index contributed by atoms with van der Waals surface area (Å²) in [6.07, 6.45) is 11.8. The van der Waals surface area contributed by atoms with Crippen LogP contribution in [0.25, 0.3) is 0 Å². The Kier molecular flexibility index (Phi) is 6.86. The molecule has 4 nitrogen and oxygen atoms in total. The van der Waals surface area contributed by atoms with E-state index in [2.05, 4.69) is 13.8 Å². The third-order valence-corrected chi connectivity index (χ3v) is 7.40. The first-order valence-corrected chi connectivity index (χ1v) is 11.3. The number of hydrogen-bond donors (Lipinski definition) is 0. The van der Waals surface area contributed by atoms with Crippen molar-refractivity contribution in [2.75, 3.05) is 0 Å². The highest BCUT2D eigenvalue weighted by Crippen LogP contribution is 2.41. The van der Waals surface area contributed by atoms with E-state index < -0.39 is 5.41 Å². The molecule has 3 rings (SSSR count). The molecule has 4 heteroatoms. The van der Waals surface area contributed by atoms with Crippen LogP contribution in [0.1, 0.15) is 97.8 Å². The molecule has 3 fully saturated rings. The number of rotatable bonds is 4. The molecule has 0 bridgehead atoms. The average molecular weight is 379 g/mol. The Hall–Kier alpha value is -1.06. The minimum atomic E-state index is -0.430. The molecule has 0 heterocycles. The molecule has 0 aliphatic heterocycles. The van der Waals surface area contributed by atoms with Crippen LogP contribution in [0.15, 0.2) is 0 Å².